The Labute approximate surface area is 125 Å². The lowest BCUT2D eigenvalue weighted by Crippen LogP contribution is -2.04. The predicted molar refractivity (Wildman–Crippen MR) is 85.5 cm³/mol. The van der Waals surface area contributed by atoms with Crippen molar-refractivity contribution < 1.29 is 0 Å². The van der Waals surface area contributed by atoms with Gasteiger partial charge in [-0.25, -0.2) is 9.97 Å². The summed E-state index contributed by atoms with van der Waals surface area (Å²) in [4.78, 5) is 10.4. The van der Waals surface area contributed by atoms with Crippen molar-refractivity contribution in [2.24, 2.45) is 0 Å². The highest BCUT2D eigenvalue weighted by molar-refractivity contribution is 7.99. The van der Waals surface area contributed by atoms with E-state index in [1.165, 1.54) is 10.5 Å². The molecular weight excluding hydrogens is 266 g/mol. The highest BCUT2D eigenvalue weighted by atomic mass is 32.2. The lowest BCUT2D eigenvalue weighted by atomic mass is 10.2. The van der Waals surface area contributed by atoms with Crippen molar-refractivity contribution in [3.63, 3.8) is 0 Å². The molecule has 0 aliphatic rings. The number of nitrogens with one attached hydrogen (secondary N) is 1. The smallest absolute Gasteiger partial charge is 0.132 e. The molecule has 4 heteroatoms. The molecular formula is C16H21N3S. The summed E-state index contributed by atoms with van der Waals surface area (Å²) >= 11 is 1.70. The van der Waals surface area contributed by atoms with Gasteiger partial charge in [0, 0.05) is 23.9 Å². The SMILES string of the molecule is CCCc1nc(NCC)cc(Sc2ccccc2C)n1. The summed E-state index contributed by atoms with van der Waals surface area (Å²) in [6.07, 6.45) is 1.98. The normalized spacial score (nSPS) is 10.6. The summed E-state index contributed by atoms with van der Waals surface area (Å²) in [5, 5.41) is 4.29. The van der Waals surface area contributed by atoms with Crippen LogP contribution >= 0.6 is 11.8 Å². The average molecular weight is 287 g/mol. The number of nitrogens with zero attached hydrogens (tertiary/aromatic N) is 2. The molecule has 2 rings (SSSR count). The van der Waals surface area contributed by atoms with E-state index in [9.17, 15) is 0 Å². The third-order valence-corrected chi connectivity index (χ3v) is 3.98. The van der Waals surface area contributed by atoms with E-state index in [2.05, 4.69) is 60.3 Å². The lowest BCUT2D eigenvalue weighted by Gasteiger charge is -2.09. The Hall–Kier alpha value is -1.55. The van der Waals surface area contributed by atoms with Crippen LogP contribution in [0.4, 0.5) is 5.82 Å². The van der Waals surface area contributed by atoms with Gasteiger partial charge in [-0.15, -0.1) is 0 Å². The van der Waals surface area contributed by atoms with E-state index in [4.69, 9.17) is 0 Å². The highest BCUT2D eigenvalue weighted by Gasteiger charge is 2.07. The van der Waals surface area contributed by atoms with Gasteiger partial charge in [0.25, 0.3) is 0 Å². The zero-order valence-corrected chi connectivity index (χ0v) is 13.1. The van der Waals surface area contributed by atoms with Crippen LogP contribution in [0.3, 0.4) is 0 Å². The van der Waals surface area contributed by atoms with E-state index in [0.717, 1.165) is 36.1 Å². The maximum Gasteiger partial charge on any atom is 0.132 e. The molecule has 1 aromatic carbocycles. The Morgan fingerprint density at radius 1 is 1.15 bits per heavy atom. The molecule has 0 fully saturated rings. The van der Waals surface area contributed by atoms with E-state index in [0.29, 0.717) is 0 Å². The molecule has 0 spiro atoms. The first-order valence-corrected chi connectivity index (χ1v) is 7.90. The van der Waals surface area contributed by atoms with Gasteiger partial charge >= 0.3 is 0 Å². The minimum Gasteiger partial charge on any atom is -0.370 e. The van der Waals surface area contributed by atoms with Crippen LogP contribution in [0, 0.1) is 6.92 Å². The van der Waals surface area contributed by atoms with Crippen molar-refractivity contribution in [3.8, 4) is 0 Å². The average Bonchev–Trinajstić information content (AvgIpc) is 2.42. The van der Waals surface area contributed by atoms with Gasteiger partial charge in [-0.3, -0.25) is 0 Å². The zero-order chi connectivity index (χ0) is 14.4. The molecule has 0 radical (unpaired) electrons. The second-order valence-corrected chi connectivity index (χ2v) is 5.72. The van der Waals surface area contributed by atoms with Gasteiger partial charge < -0.3 is 5.32 Å². The van der Waals surface area contributed by atoms with Crippen LogP contribution in [0.25, 0.3) is 0 Å². The summed E-state index contributed by atoms with van der Waals surface area (Å²) in [5.74, 6) is 1.84. The van der Waals surface area contributed by atoms with Gasteiger partial charge in [0.2, 0.25) is 0 Å². The van der Waals surface area contributed by atoms with E-state index >= 15 is 0 Å². The van der Waals surface area contributed by atoms with Gasteiger partial charge in [-0.05, 0) is 31.9 Å². The molecule has 3 nitrogen and oxygen atoms in total. The van der Waals surface area contributed by atoms with Gasteiger partial charge in [-0.1, -0.05) is 36.9 Å². The molecule has 0 atom stereocenters. The number of benzene rings is 1. The molecule has 1 heterocycles. The maximum atomic E-state index is 4.65. The molecule has 0 saturated carbocycles. The van der Waals surface area contributed by atoms with E-state index in [-0.39, 0.29) is 0 Å². The molecule has 0 aliphatic carbocycles. The molecule has 2 aromatic rings. The van der Waals surface area contributed by atoms with Crippen molar-refractivity contribution in [1.29, 1.82) is 0 Å². The third kappa shape index (κ3) is 3.97. The summed E-state index contributed by atoms with van der Waals surface area (Å²) in [7, 11) is 0. The van der Waals surface area contributed by atoms with Crippen LogP contribution < -0.4 is 5.32 Å². The summed E-state index contributed by atoms with van der Waals surface area (Å²) in [6.45, 7) is 7.23. The van der Waals surface area contributed by atoms with Crippen LogP contribution in [-0.2, 0) is 6.42 Å². The second kappa shape index (κ2) is 7.29. The van der Waals surface area contributed by atoms with Crippen molar-refractivity contribution in [2.75, 3.05) is 11.9 Å². The molecule has 0 aliphatic heterocycles. The summed E-state index contributed by atoms with van der Waals surface area (Å²) in [6, 6.07) is 10.4. The standard InChI is InChI=1S/C16H21N3S/c1-4-8-14-18-15(17-5-2)11-16(19-14)20-13-10-7-6-9-12(13)3/h6-7,9-11H,4-5,8H2,1-3H3,(H,17,18,19). The zero-order valence-electron chi connectivity index (χ0n) is 12.3. The fourth-order valence-electron chi connectivity index (χ4n) is 1.92. The third-order valence-electron chi connectivity index (χ3n) is 2.89. The molecule has 0 bridgehead atoms. The van der Waals surface area contributed by atoms with Crippen molar-refractivity contribution in [1.82, 2.24) is 9.97 Å². The Bertz CT molecular complexity index is 545. The number of rotatable bonds is 6. The lowest BCUT2D eigenvalue weighted by molar-refractivity contribution is 0.810. The largest absolute Gasteiger partial charge is 0.370 e. The number of aryl methyl sites for hydroxylation is 2. The quantitative estimate of drug-likeness (QED) is 0.803. The number of hydrogen-bond donors (Lipinski definition) is 1. The molecule has 106 valence electrons. The highest BCUT2D eigenvalue weighted by Crippen LogP contribution is 2.29. The predicted octanol–water partition coefficient (Wildman–Crippen LogP) is 4.32. The van der Waals surface area contributed by atoms with Gasteiger partial charge in [0.1, 0.15) is 16.7 Å². The van der Waals surface area contributed by atoms with Gasteiger partial charge in [-0.2, -0.15) is 0 Å². The fraction of sp³-hybridized carbons (Fsp3) is 0.375. The summed E-state index contributed by atoms with van der Waals surface area (Å²) < 4.78 is 0. The minimum atomic E-state index is 0.872. The Kier molecular flexibility index (Phi) is 5.41. The topological polar surface area (TPSA) is 37.8 Å². The molecule has 1 N–H and O–H groups in total. The van der Waals surface area contributed by atoms with Crippen molar-refractivity contribution in [2.45, 2.75) is 43.5 Å². The van der Waals surface area contributed by atoms with E-state index in [1.54, 1.807) is 11.8 Å². The van der Waals surface area contributed by atoms with Crippen LogP contribution in [0.1, 0.15) is 31.7 Å². The Balaban J connectivity index is 2.28. The first kappa shape index (κ1) is 14.9. The minimum absolute atomic E-state index is 0.872. The number of hydrogen-bond acceptors (Lipinski definition) is 4. The molecule has 20 heavy (non-hydrogen) atoms. The molecule has 0 amide bonds. The van der Waals surface area contributed by atoms with Crippen LogP contribution in [0.15, 0.2) is 40.3 Å². The summed E-state index contributed by atoms with van der Waals surface area (Å²) in [5.41, 5.74) is 1.28. The second-order valence-electron chi connectivity index (χ2n) is 4.66. The molecule has 1 aromatic heterocycles. The van der Waals surface area contributed by atoms with Gasteiger partial charge in [0.15, 0.2) is 0 Å². The number of aromatic nitrogens is 2. The van der Waals surface area contributed by atoms with Gasteiger partial charge in [0.05, 0.1) is 0 Å². The maximum absolute atomic E-state index is 4.65. The van der Waals surface area contributed by atoms with Crippen LogP contribution in [0.2, 0.25) is 0 Å². The monoisotopic (exact) mass is 287 g/mol. The Morgan fingerprint density at radius 3 is 2.65 bits per heavy atom. The molecule has 0 saturated heterocycles. The van der Waals surface area contributed by atoms with Crippen molar-refractivity contribution in [3.05, 3.63) is 41.7 Å². The van der Waals surface area contributed by atoms with Crippen molar-refractivity contribution >= 4 is 17.6 Å². The first-order valence-electron chi connectivity index (χ1n) is 7.08. The van der Waals surface area contributed by atoms with Crippen LogP contribution in [0.5, 0.6) is 0 Å². The fourth-order valence-corrected chi connectivity index (χ4v) is 2.84. The Morgan fingerprint density at radius 2 is 1.95 bits per heavy atom. The molecule has 0 unspecified atom stereocenters. The van der Waals surface area contributed by atoms with Crippen LogP contribution in [-0.4, -0.2) is 16.5 Å². The number of anilines is 1. The van der Waals surface area contributed by atoms with E-state index < -0.39 is 0 Å². The first-order chi connectivity index (χ1) is 9.72. The van der Waals surface area contributed by atoms with E-state index in [1.807, 2.05) is 6.07 Å².